The summed E-state index contributed by atoms with van der Waals surface area (Å²) < 4.78 is 29.0. The molecule has 36 heavy (non-hydrogen) atoms. The molecule has 3 nitrogen and oxygen atoms in total. The van der Waals surface area contributed by atoms with Crippen molar-refractivity contribution >= 4 is 0 Å². The number of benzene rings is 4. The summed E-state index contributed by atoms with van der Waals surface area (Å²) in [6, 6.07) is 40.9. The second-order valence-electron chi connectivity index (χ2n) is 9.51. The first kappa shape index (κ1) is 26.4. The zero-order valence-electron chi connectivity index (χ0n) is 20.9. The molecule has 0 fully saturated rings. The van der Waals surface area contributed by atoms with Gasteiger partial charge in [-0.15, -0.1) is 0 Å². The molecule has 0 atom stereocenters. The van der Waals surface area contributed by atoms with Gasteiger partial charge in [-0.05, 0) is 0 Å². The quantitative estimate of drug-likeness (QED) is 0.161. The Morgan fingerprint density at radius 3 is 1.00 bits per heavy atom. The molecule has 4 rings (SSSR count). The molecule has 0 N–H and O–H groups in total. The zero-order chi connectivity index (χ0) is 25.0. The summed E-state index contributed by atoms with van der Waals surface area (Å²) in [7, 11) is 0. The van der Waals surface area contributed by atoms with E-state index in [1.807, 2.05) is 72.8 Å². The van der Waals surface area contributed by atoms with E-state index in [-0.39, 0.29) is 0 Å². The van der Waals surface area contributed by atoms with Gasteiger partial charge in [-0.3, -0.25) is 0 Å². The normalized spacial score (nSPS) is 11.9. The fourth-order valence-electron chi connectivity index (χ4n) is 4.60. The van der Waals surface area contributed by atoms with Crippen molar-refractivity contribution in [2.75, 3.05) is 13.2 Å². The van der Waals surface area contributed by atoms with Crippen LogP contribution in [0.25, 0.3) is 0 Å². The van der Waals surface area contributed by atoms with Gasteiger partial charge in [0.15, 0.2) is 0 Å². The molecule has 0 aromatic heterocycles. The Hall–Kier alpha value is -2.69. The van der Waals surface area contributed by atoms with Crippen molar-refractivity contribution in [1.82, 2.24) is 0 Å². The maximum absolute atomic E-state index is 15.2. The van der Waals surface area contributed by atoms with E-state index in [1.165, 1.54) is 11.1 Å². The third-order valence-corrected chi connectivity index (χ3v) is 13.2. The van der Waals surface area contributed by atoms with Crippen molar-refractivity contribution in [3.8, 4) is 0 Å². The van der Waals surface area contributed by atoms with Crippen molar-refractivity contribution < 1.29 is 26.0 Å². The summed E-state index contributed by atoms with van der Waals surface area (Å²) in [6.45, 7) is 0.777. The molecular weight excluding hydrogens is 480 g/mol. The summed E-state index contributed by atoms with van der Waals surface area (Å²) in [6.07, 6.45) is 2.77. The molecule has 4 aromatic rings. The van der Waals surface area contributed by atoms with Crippen molar-refractivity contribution in [2.45, 2.75) is 35.1 Å². The molecule has 0 aliphatic heterocycles. The Morgan fingerprint density at radius 1 is 0.417 bits per heavy atom. The molecule has 0 heterocycles. The van der Waals surface area contributed by atoms with E-state index < -0.39 is 16.1 Å². The van der Waals surface area contributed by atoms with E-state index >= 15 is 3.32 Å². The van der Waals surface area contributed by atoms with E-state index in [4.69, 9.17) is 6.64 Å². The van der Waals surface area contributed by atoms with Gasteiger partial charge >= 0.3 is 218 Å². The van der Waals surface area contributed by atoms with Gasteiger partial charge in [-0.1, -0.05) is 0 Å². The van der Waals surface area contributed by atoms with Gasteiger partial charge in [0, 0.05) is 0 Å². The van der Waals surface area contributed by atoms with Crippen LogP contribution in [0.3, 0.4) is 0 Å². The first-order valence-corrected chi connectivity index (χ1v) is 17.1. The molecule has 4 aromatic carbocycles. The summed E-state index contributed by atoms with van der Waals surface area (Å²) >= 11 is -5.09. The van der Waals surface area contributed by atoms with E-state index in [9.17, 15) is 0 Å². The molecule has 0 unspecified atom stereocenters. The van der Waals surface area contributed by atoms with Crippen LogP contribution in [0.2, 0.25) is 9.45 Å². The minimum absolute atomic E-state index is 0.389. The van der Waals surface area contributed by atoms with Crippen LogP contribution in [0.4, 0.5) is 0 Å². The van der Waals surface area contributed by atoms with E-state index in [0.29, 0.717) is 48.3 Å². The van der Waals surface area contributed by atoms with Crippen LogP contribution in [-0.4, -0.2) is 13.2 Å². The average molecular weight is 517 g/mol. The summed E-state index contributed by atoms with van der Waals surface area (Å²) in [4.78, 5) is 0. The topological polar surface area (TPSA) is 35.5 Å². The minimum atomic E-state index is -5.09. The molecule has 0 saturated heterocycles. The van der Waals surface area contributed by atoms with Gasteiger partial charge in [0.2, 0.25) is 0 Å². The Kier molecular flexibility index (Phi) is 9.55. The van der Waals surface area contributed by atoms with E-state index in [2.05, 4.69) is 48.5 Å². The van der Waals surface area contributed by atoms with Gasteiger partial charge in [0.25, 0.3) is 0 Å². The zero-order valence-corrected chi connectivity index (χ0v) is 22.5. The number of aryl methyl sites for hydroxylation is 2. The second-order valence-corrected chi connectivity index (χ2v) is 16.2. The summed E-state index contributed by atoms with van der Waals surface area (Å²) in [5, 5.41) is 0. The third kappa shape index (κ3) is 8.18. The van der Waals surface area contributed by atoms with Crippen molar-refractivity contribution in [1.29, 1.82) is 0 Å². The Bertz CT molecular complexity index is 1130. The number of hydrogen-bond acceptors (Lipinski definition) is 3. The van der Waals surface area contributed by atoms with Gasteiger partial charge in [0.1, 0.15) is 0 Å². The van der Waals surface area contributed by atoms with E-state index in [0.717, 1.165) is 11.1 Å². The molecule has 0 bridgehead atoms. The molecule has 0 aliphatic rings. The van der Waals surface area contributed by atoms with Crippen molar-refractivity contribution in [2.24, 2.45) is 0 Å². The molecule has 0 saturated carbocycles. The maximum atomic E-state index is 15.2. The molecule has 4 heteroatoms. The van der Waals surface area contributed by atoms with Crippen molar-refractivity contribution in [3.63, 3.8) is 0 Å². The predicted molar refractivity (Wildman–Crippen MR) is 143 cm³/mol. The first-order valence-electron chi connectivity index (χ1n) is 13.0. The fourth-order valence-corrected chi connectivity index (χ4v) is 10.2. The van der Waals surface area contributed by atoms with Gasteiger partial charge in [-0.2, -0.15) is 0 Å². The average Bonchev–Trinajstić information content (AvgIpc) is 2.94. The molecule has 0 amide bonds. The van der Waals surface area contributed by atoms with E-state index in [1.54, 1.807) is 0 Å². The fraction of sp³-hybridized carbons (Fsp3) is 0.250. The van der Waals surface area contributed by atoms with Crippen LogP contribution < -0.4 is 0 Å². The van der Waals surface area contributed by atoms with Gasteiger partial charge in [-0.25, -0.2) is 0 Å². The van der Waals surface area contributed by atoms with Crippen LogP contribution in [0, 0.1) is 0 Å². The number of hydrogen-bond donors (Lipinski definition) is 0. The third-order valence-electron chi connectivity index (χ3n) is 6.79. The Labute approximate surface area is 217 Å². The van der Waals surface area contributed by atoms with Crippen LogP contribution in [-0.2, 0) is 51.7 Å². The Morgan fingerprint density at radius 2 is 0.694 bits per heavy atom. The van der Waals surface area contributed by atoms with Gasteiger partial charge in [0.05, 0.1) is 0 Å². The predicted octanol–water partition coefficient (Wildman–Crippen LogP) is 7.69. The standard InChI is InChI=1S/2C8H9O.2C8H9.O.Ti/c2*9-7-6-8-4-2-1-3-5-8;2*1-2-8-6-4-3-5-7-8;;/h2*1-5H,6-7H2;2*3-7H,1-2H2;;/q2*-1;;;;+2. The summed E-state index contributed by atoms with van der Waals surface area (Å²) in [5.74, 6) is 0. The van der Waals surface area contributed by atoms with Crippen LogP contribution in [0.1, 0.15) is 22.3 Å². The SMILES string of the molecule is [O]=[Ti]([CH2]Cc1ccccc1)([CH2]Cc1ccccc1)([O]CCc1ccccc1)[O]CCc1ccccc1. The van der Waals surface area contributed by atoms with Gasteiger partial charge < -0.3 is 0 Å². The monoisotopic (exact) mass is 516 g/mol. The molecule has 0 spiro atoms. The molecular formula is C32H36O3Ti. The van der Waals surface area contributed by atoms with Crippen LogP contribution >= 0.6 is 0 Å². The van der Waals surface area contributed by atoms with Crippen LogP contribution in [0.5, 0.6) is 0 Å². The van der Waals surface area contributed by atoms with Crippen molar-refractivity contribution in [3.05, 3.63) is 144 Å². The molecule has 186 valence electrons. The number of rotatable bonds is 14. The van der Waals surface area contributed by atoms with Crippen LogP contribution in [0.15, 0.2) is 121 Å². The Balaban J connectivity index is 1.56. The second kappa shape index (κ2) is 13.0. The molecule has 0 radical (unpaired) electrons. The molecule has 0 aliphatic carbocycles. The first-order chi connectivity index (χ1) is 17.6. The summed E-state index contributed by atoms with van der Waals surface area (Å²) in [5.41, 5.74) is 4.66.